The van der Waals surface area contributed by atoms with Crippen LogP contribution in [0.15, 0.2) is 37.2 Å². The first kappa shape index (κ1) is 9.83. The third-order valence-electron chi connectivity index (χ3n) is 2.72. The molecular formula is C11H12N6. The van der Waals surface area contributed by atoms with Crippen molar-refractivity contribution in [2.24, 2.45) is 0 Å². The van der Waals surface area contributed by atoms with Crippen molar-refractivity contribution in [3.63, 3.8) is 0 Å². The lowest BCUT2D eigenvalue weighted by Gasteiger charge is -2.06. The third-order valence-corrected chi connectivity index (χ3v) is 2.72. The number of hydrogen-bond donors (Lipinski definition) is 1. The van der Waals surface area contributed by atoms with E-state index in [0.29, 0.717) is 5.95 Å². The predicted molar refractivity (Wildman–Crippen MR) is 64.2 cm³/mol. The van der Waals surface area contributed by atoms with E-state index in [1.807, 2.05) is 21.4 Å². The zero-order chi connectivity index (χ0) is 11.7. The summed E-state index contributed by atoms with van der Waals surface area (Å²) in [5, 5.41) is 0. The Balaban J connectivity index is 1.92. The van der Waals surface area contributed by atoms with E-state index in [9.17, 15) is 0 Å². The van der Waals surface area contributed by atoms with Gasteiger partial charge in [0, 0.05) is 31.7 Å². The van der Waals surface area contributed by atoms with Crippen LogP contribution in [0.5, 0.6) is 0 Å². The zero-order valence-corrected chi connectivity index (χ0v) is 9.19. The van der Waals surface area contributed by atoms with Crippen LogP contribution in [-0.4, -0.2) is 24.1 Å². The first-order valence-corrected chi connectivity index (χ1v) is 5.36. The molecule has 0 spiro atoms. The number of nitrogens with two attached hydrogens (primary N) is 1. The molecule has 0 unspecified atom stereocenters. The highest BCUT2D eigenvalue weighted by Crippen LogP contribution is 2.16. The van der Waals surface area contributed by atoms with Crippen molar-refractivity contribution in [3.05, 3.63) is 37.2 Å². The van der Waals surface area contributed by atoms with E-state index in [1.54, 1.807) is 24.9 Å². The van der Waals surface area contributed by atoms with Gasteiger partial charge in [0.15, 0.2) is 0 Å². The third kappa shape index (κ3) is 1.73. The minimum absolute atomic E-state index is 0.521. The molecule has 6 heteroatoms. The van der Waals surface area contributed by atoms with Crippen LogP contribution < -0.4 is 5.73 Å². The van der Waals surface area contributed by atoms with E-state index in [1.165, 1.54) is 0 Å². The molecule has 0 radical (unpaired) electrons. The highest BCUT2D eigenvalue weighted by atomic mass is 15.2. The Morgan fingerprint density at radius 3 is 2.94 bits per heavy atom. The molecule has 3 aromatic rings. The fourth-order valence-electron chi connectivity index (χ4n) is 1.87. The summed E-state index contributed by atoms with van der Waals surface area (Å²) in [5.74, 6) is 0.521. The van der Waals surface area contributed by atoms with E-state index < -0.39 is 0 Å². The lowest BCUT2D eigenvalue weighted by Crippen LogP contribution is -2.08. The number of nitrogen functional groups attached to an aromatic ring is 1. The van der Waals surface area contributed by atoms with Gasteiger partial charge in [-0.2, -0.15) is 0 Å². The maximum atomic E-state index is 5.89. The van der Waals surface area contributed by atoms with Gasteiger partial charge in [0.05, 0.1) is 18.0 Å². The fourth-order valence-corrected chi connectivity index (χ4v) is 1.87. The Morgan fingerprint density at radius 2 is 2.12 bits per heavy atom. The van der Waals surface area contributed by atoms with Gasteiger partial charge in [-0.1, -0.05) is 0 Å². The summed E-state index contributed by atoms with van der Waals surface area (Å²) in [6, 6.07) is 1.92. The molecule has 0 aromatic carbocycles. The average molecular weight is 228 g/mol. The van der Waals surface area contributed by atoms with Gasteiger partial charge in [-0.3, -0.25) is 4.98 Å². The molecule has 3 aromatic heterocycles. The van der Waals surface area contributed by atoms with Crippen molar-refractivity contribution in [3.8, 4) is 0 Å². The Morgan fingerprint density at radius 1 is 1.18 bits per heavy atom. The van der Waals surface area contributed by atoms with E-state index in [-0.39, 0.29) is 0 Å². The van der Waals surface area contributed by atoms with E-state index >= 15 is 0 Å². The summed E-state index contributed by atoms with van der Waals surface area (Å²) in [7, 11) is 0. The Hall–Kier alpha value is -2.37. The normalized spacial score (nSPS) is 11.1. The van der Waals surface area contributed by atoms with Crippen molar-refractivity contribution in [1.82, 2.24) is 24.1 Å². The van der Waals surface area contributed by atoms with Gasteiger partial charge < -0.3 is 14.9 Å². The molecule has 0 amide bonds. The van der Waals surface area contributed by atoms with Gasteiger partial charge >= 0.3 is 0 Å². The highest BCUT2D eigenvalue weighted by molar-refractivity contribution is 5.76. The molecular weight excluding hydrogens is 216 g/mol. The summed E-state index contributed by atoms with van der Waals surface area (Å²) in [6.07, 6.45) is 8.95. The molecule has 3 rings (SSSR count). The minimum atomic E-state index is 0.521. The van der Waals surface area contributed by atoms with Crippen LogP contribution in [0.3, 0.4) is 0 Å². The standard InChI is InChI=1S/C11H12N6/c12-11-15-9-7-13-2-1-10(9)17(11)6-5-16-4-3-14-8-16/h1-4,7-8H,5-6H2,(H2,12,15). The molecule has 6 nitrogen and oxygen atoms in total. The topological polar surface area (TPSA) is 74.5 Å². The van der Waals surface area contributed by atoms with E-state index in [4.69, 9.17) is 5.73 Å². The van der Waals surface area contributed by atoms with Gasteiger partial charge in [-0.15, -0.1) is 0 Å². The van der Waals surface area contributed by atoms with Gasteiger partial charge in [0.1, 0.15) is 5.52 Å². The van der Waals surface area contributed by atoms with Crippen LogP contribution in [0.1, 0.15) is 0 Å². The van der Waals surface area contributed by atoms with Crippen molar-refractivity contribution in [2.75, 3.05) is 5.73 Å². The SMILES string of the molecule is Nc1nc2cnccc2n1CCn1ccnc1. The molecule has 86 valence electrons. The first-order chi connectivity index (χ1) is 8.34. The van der Waals surface area contributed by atoms with Crippen LogP contribution in [0, 0.1) is 0 Å². The van der Waals surface area contributed by atoms with Crippen LogP contribution >= 0.6 is 0 Å². The van der Waals surface area contributed by atoms with E-state index in [0.717, 1.165) is 24.1 Å². The lowest BCUT2D eigenvalue weighted by molar-refractivity contribution is 0.594. The largest absolute Gasteiger partial charge is 0.369 e. The number of aryl methyl sites for hydroxylation is 2. The summed E-state index contributed by atoms with van der Waals surface area (Å²) in [5.41, 5.74) is 7.73. The maximum absolute atomic E-state index is 5.89. The van der Waals surface area contributed by atoms with E-state index in [2.05, 4.69) is 15.0 Å². The molecule has 0 aliphatic heterocycles. The molecule has 2 N–H and O–H groups in total. The molecule has 0 atom stereocenters. The second-order valence-corrected chi connectivity index (χ2v) is 3.79. The predicted octanol–water partition coefficient (Wildman–Crippen LogP) is 0.910. The average Bonchev–Trinajstić information content (AvgIpc) is 2.93. The quantitative estimate of drug-likeness (QED) is 0.723. The van der Waals surface area contributed by atoms with Crippen LogP contribution in [-0.2, 0) is 13.1 Å². The zero-order valence-electron chi connectivity index (χ0n) is 9.19. The Kier molecular flexibility index (Phi) is 2.25. The van der Waals surface area contributed by atoms with Crippen LogP contribution in [0.4, 0.5) is 5.95 Å². The van der Waals surface area contributed by atoms with Crippen LogP contribution in [0.25, 0.3) is 11.0 Å². The van der Waals surface area contributed by atoms with Gasteiger partial charge in [-0.25, -0.2) is 9.97 Å². The lowest BCUT2D eigenvalue weighted by atomic mass is 10.4. The monoisotopic (exact) mass is 228 g/mol. The summed E-state index contributed by atoms with van der Waals surface area (Å²) < 4.78 is 3.99. The number of imidazole rings is 2. The maximum Gasteiger partial charge on any atom is 0.201 e. The van der Waals surface area contributed by atoms with Gasteiger partial charge in [-0.05, 0) is 6.07 Å². The van der Waals surface area contributed by atoms with Crippen molar-refractivity contribution in [1.29, 1.82) is 0 Å². The number of pyridine rings is 1. The van der Waals surface area contributed by atoms with Crippen molar-refractivity contribution < 1.29 is 0 Å². The number of rotatable bonds is 3. The Bertz CT molecular complexity index is 625. The second kappa shape index (κ2) is 3.89. The van der Waals surface area contributed by atoms with Crippen LogP contribution in [0.2, 0.25) is 0 Å². The summed E-state index contributed by atoms with van der Waals surface area (Å²) in [4.78, 5) is 12.3. The first-order valence-electron chi connectivity index (χ1n) is 5.36. The molecule has 0 saturated carbocycles. The van der Waals surface area contributed by atoms with Crippen molar-refractivity contribution >= 4 is 17.0 Å². The molecule has 0 aliphatic carbocycles. The molecule has 3 heterocycles. The number of anilines is 1. The number of aromatic nitrogens is 5. The highest BCUT2D eigenvalue weighted by Gasteiger charge is 2.07. The van der Waals surface area contributed by atoms with Crippen molar-refractivity contribution in [2.45, 2.75) is 13.1 Å². The minimum Gasteiger partial charge on any atom is -0.369 e. The molecule has 0 saturated heterocycles. The number of hydrogen-bond acceptors (Lipinski definition) is 4. The smallest absolute Gasteiger partial charge is 0.201 e. The summed E-state index contributed by atoms with van der Waals surface area (Å²) >= 11 is 0. The summed E-state index contributed by atoms with van der Waals surface area (Å²) in [6.45, 7) is 1.58. The molecule has 0 aliphatic rings. The molecule has 17 heavy (non-hydrogen) atoms. The molecule has 0 fully saturated rings. The molecule has 0 bridgehead atoms. The fraction of sp³-hybridized carbons (Fsp3) is 0.182. The van der Waals surface area contributed by atoms with Gasteiger partial charge in [0.2, 0.25) is 5.95 Å². The number of fused-ring (bicyclic) bond motifs is 1. The second-order valence-electron chi connectivity index (χ2n) is 3.79. The number of nitrogens with zero attached hydrogens (tertiary/aromatic N) is 5. The van der Waals surface area contributed by atoms with Gasteiger partial charge in [0.25, 0.3) is 0 Å². The Labute approximate surface area is 97.7 Å².